The Morgan fingerprint density at radius 2 is 2.50 bits per heavy atom. The summed E-state index contributed by atoms with van der Waals surface area (Å²) in [6, 6.07) is 1.76. The highest BCUT2D eigenvalue weighted by Gasteiger charge is 1.95. The summed E-state index contributed by atoms with van der Waals surface area (Å²) < 4.78 is 5.05. The molecule has 0 aliphatic carbocycles. The van der Waals surface area contributed by atoms with Gasteiger partial charge in [0.2, 0.25) is 0 Å². The van der Waals surface area contributed by atoms with Gasteiger partial charge in [-0.15, -0.1) is 0 Å². The average Bonchev–Trinajstić information content (AvgIpc) is 2.37. The summed E-state index contributed by atoms with van der Waals surface area (Å²) in [7, 11) is 0. The fraction of sp³-hybridized carbons (Fsp3) is 0.364. The lowest BCUT2D eigenvalue weighted by molar-refractivity contribution is 0.142. The van der Waals surface area contributed by atoms with Gasteiger partial charge in [-0.25, -0.2) is 0 Å². The number of aromatic nitrogens is 1. The fourth-order valence-electron chi connectivity index (χ4n) is 1.03. The molecule has 0 aliphatic heterocycles. The van der Waals surface area contributed by atoms with E-state index in [0.717, 1.165) is 5.56 Å². The van der Waals surface area contributed by atoms with Crippen LogP contribution in [0.25, 0.3) is 0 Å². The number of ether oxygens (including phenoxy) is 1. The third kappa shape index (κ3) is 5.60. The maximum atomic E-state index is 7.53. The van der Waals surface area contributed by atoms with Crippen LogP contribution in [0, 0.1) is 5.41 Å². The van der Waals surface area contributed by atoms with Crippen LogP contribution >= 0.6 is 11.6 Å². The minimum absolute atomic E-state index is 0.298. The molecule has 1 aromatic heterocycles. The van der Waals surface area contributed by atoms with Gasteiger partial charge in [0.05, 0.1) is 17.8 Å². The number of nitrogens with one attached hydrogen (secondary N) is 3. The van der Waals surface area contributed by atoms with Gasteiger partial charge in [0.25, 0.3) is 0 Å². The highest BCUT2D eigenvalue weighted by Crippen LogP contribution is 2.10. The van der Waals surface area contributed by atoms with E-state index in [0.29, 0.717) is 30.7 Å². The van der Waals surface area contributed by atoms with E-state index in [-0.39, 0.29) is 0 Å². The normalized spacial score (nSPS) is 10.6. The Hall–Kier alpha value is -1.66. The van der Waals surface area contributed by atoms with Gasteiger partial charge < -0.3 is 15.5 Å². The quantitative estimate of drug-likeness (QED) is 0.229. The number of halogens is 1. The number of hydrogen-bond donors (Lipinski definition) is 3. The second kappa shape index (κ2) is 8.43. The van der Waals surface area contributed by atoms with Crippen molar-refractivity contribution in [2.45, 2.75) is 6.92 Å². The molecule has 0 fully saturated rings. The monoisotopic (exact) mass is 269 g/mol. The lowest BCUT2D eigenvalue weighted by Gasteiger charge is -2.06. The van der Waals surface area contributed by atoms with Crippen molar-refractivity contribution in [3.63, 3.8) is 0 Å². The molecule has 7 heteroatoms. The minimum Gasteiger partial charge on any atom is -0.362 e. The lowest BCUT2D eigenvalue weighted by atomic mass is 10.3. The maximum Gasteiger partial charge on any atom is 0.117 e. The lowest BCUT2D eigenvalue weighted by Crippen LogP contribution is -2.32. The smallest absolute Gasteiger partial charge is 0.117 e. The van der Waals surface area contributed by atoms with Gasteiger partial charge in [-0.05, 0) is 13.0 Å². The summed E-state index contributed by atoms with van der Waals surface area (Å²) in [6.45, 7) is 3.14. The van der Waals surface area contributed by atoms with Crippen molar-refractivity contribution >= 4 is 23.7 Å². The predicted molar refractivity (Wildman–Crippen MR) is 72.2 cm³/mol. The van der Waals surface area contributed by atoms with E-state index in [1.54, 1.807) is 24.7 Å². The van der Waals surface area contributed by atoms with E-state index in [1.807, 2.05) is 6.92 Å². The molecule has 0 amide bonds. The number of pyridine rings is 1. The first-order chi connectivity index (χ1) is 8.74. The molecule has 0 saturated heterocycles. The summed E-state index contributed by atoms with van der Waals surface area (Å²) in [5.74, 6) is 0.307. The number of amidine groups is 1. The molecule has 98 valence electrons. The van der Waals surface area contributed by atoms with Crippen LogP contribution < -0.4 is 10.7 Å². The molecule has 0 saturated carbocycles. The zero-order valence-electron chi connectivity index (χ0n) is 10.1. The molecule has 0 atom stereocenters. The molecular formula is C11H16ClN5O. The summed E-state index contributed by atoms with van der Waals surface area (Å²) >= 11 is 5.90. The van der Waals surface area contributed by atoms with E-state index in [1.165, 1.54) is 0 Å². The van der Waals surface area contributed by atoms with Gasteiger partial charge in [0, 0.05) is 24.6 Å². The van der Waals surface area contributed by atoms with Crippen LogP contribution in [0.15, 0.2) is 23.6 Å². The van der Waals surface area contributed by atoms with Crippen molar-refractivity contribution in [2.24, 2.45) is 5.10 Å². The zero-order chi connectivity index (χ0) is 13.2. The molecule has 1 aromatic rings. The molecule has 1 rings (SSSR count). The molecule has 1 heterocycles. The third-order valence-electron chi connectivity index (χ3n) is 1.95. The summed E-state index contributed by atoms with van der Waals surface area (Å²) in [6.07, 6.45) is 4.77. The van der Waals surface area contributed by atoms with Crippen LogP contribution in [-0.2, 0) is 4.74 Å². The van der Waals surface area contributed by atoms with Crippen molar-refractivity contribution in [3.05, 3.63) is 29.0 Å². The number of nitrogens with zero attached hydrogens (tertiary/aromatic N) is 2. The largest absolute Gasteiger partial charge is 0.362 e. The van der Waals surface area contributed by atoms with Crippen molar-refractivity contribution in [1.82, 2.24) is 15.7 Å². The van der Waals surface area contributed by atoms with Gasteiger partial charge in [-0.2, -0.15) is 5.10 Å². The Morgan fingerprint density at radius 1 is 1.67 bits per heavy atom. The number of hydrazone groups is 1. The SMILES string of the molecule is CCOCNC(=N)CN/N=C/c1ccncc1Cl. The molecule has 0 spiro atoms. The third-order valence-corrected chi connectivity index (χ3v) is 2.26. The maximum absolute atomic E-state index is 7.53. The number of hydrogen-bond acceptors (Lipinski definition) is 5. The molecule has 0 radical (unpaired) electrons. The summed E-state index contributed by atoms with van der Waals surface area (Å²) in [5, 5.41) is 14.8. The van der Waals surface area contributed by atoms with Gasteiger partial charge >= 0.3 is 0 Å². The second-order valence-electron chi connectivity index (χ2n) is 3.28. The Morgan fingerprint density at radius 3 is 3.22 bits per heavy atom. The second-order valence-corrected chi connectivity index (χ2v) is 3.69. The van der Waals surface area contributed by atoms with Crippen LogP contribution in [-0.4, -0.2) is 36.9 Å². The first kappa shape index (κ1) is 14.4. The van der Waals surface area contributed by atoms with Crippen LogP contribution in [0.4, 0.5) is 0 Å². The van der Waals surface area contributed by atoms with Crippen molar-refractivity contribution in [1.29, 1.82) is 5.41 Å². The molecule has 6 nitrogen and oxygen atoms in total. The molecule has 0 bridgehead atoms. The summed E-state index contributed by atoms with van der Waals surface area (Å²) in [5.41, 5.74) is 3.51. The van der Waals surface area contributed by atoms with E-state index in [9.17, 15) is 0 Å². The highest BCUT2D eigenvalue weighted by molar-refractivity contribution is 6.32. The van der Waals surface area contributed by atoms with E-state index >= 15 is 0 Å². The Labute approximate surface area is 111 Å². The van der Waals surface area contributed by atoms with E-state index < -0.39 is 0 Å². The molecule has 3 N–H and O–H groups in total. The average molecular weight is 270 g/mol. The summed E-state index contributed by atoms with van der Waals surface area (Å²) in [4.78, 5) is 3.87. The number of rotatable bonds is 7. The standard InChI is InChI=1S/C11H16ClN5O/c1-2-18-8-15-11(13)7-17-16-5-9-3-4-14-6-10(9)12/h3-6,17H,2,7-8H2,1H3,(H2,13,15)/b16-5+. The molecule has 0 unspecified atom stereocenters. The van der Waals surface area contributed by atoms with Gasteiger partial charge in [-0.3, -0.25) is 10.4 Å². The topological polar surface area (TPSA) is 82.4 Å². The fourth-order valence-corrected chi connectivity index (χ4v) is 1.20. The molecule has 18 heavy (non-hydrogen) atoms. The predicted octanol–water partition coefficient (Wildman–Crippen LogP) is 1.22. The van der Waals surface area contributed by atoms with E-state index in [4.69, 9.17) is 21.7 Å². The van der Waals surface area contributed by atoms with E-state index in [2.05, 4.69) is 20.8 Å². The van der Waals surface area contributed by atoms with Gasteiger partial charge in [0.15, 0.2) is 0 Å². The zero-order valence-corrected chi connectivity index (χ0v) is 10.9. The Kier molecular flexibility index (Phi) is 6.75. The van der Waals surface area contributed by atoms with Crippen LogP contribution in [0.2, 0.25) is 5.02 Å². The first-order valence-corrected chi connectivity index (χ1v) is 5.86. The van der Waals surface area contributed by atoms with Crippen molar-refractivity contribution < 1.29 is 4.74 Å². The molecular weight excluding hydrogens is 254 g/mol. The molecule has 0 aromatic carbocycles. The Bertz CT molecular complexity index is 410. The first-order valence-electron chi connectivity index (χ1n) is 5.48. The van der Waals surface area contributed by atoms with Crippen LogP contribution in [0.1, 0.15) is 12.5 Å². The van der Waals surface area contributed by atoms with Crippen LogP contribution in [0.5, 0.6) is 0 Å². The minimum atomic E-state index is 0.298. The van der Waals surface area contributed by atoms with Crippen molar-refractivity contribution in [2.75, 3.05) is 19.9 Å². The Balaban J connectivity index is 2.25. The van der Waals surface area contributed by atoms with Gasteiger partial charge in [0.1, 0.15) is 12.6 Å². The molecule has 0 aliphatic rings. The highest BCUT2D eigenvalue weighted by atomic mass is 35.5. The van der Waals surface area contributed by atoms with Crippen molar-refractivity contribution in [3.8, 4) is 0 Å². The van der Waals surface area contributed by atoms with Gasteiger partial charge in [-0.1, -0.05) is 11.6 Å². The van der Waals surface area contributed by atoms with Crippen LogP contribution in [0.3, 0.4) is 0 Å².